The lowest BCUT2D eigenvalue weighted by Crippen LogP contribution is -2.57. The van der Waals surface area contributed by atoms with Gasteiger partial charge in [-0.2, -0.15) is 0 Å². The summed E-state index contributed by atoms with van der Waals surface area (Å²) < 4.78 is 0. The maximum Gasteiger partial charge on any atom is 0.318 e. The third kappa shape index (κ3) is 12.0. The van der Waals surface area contributed by atoms with Gasteiger partial charge in [-0.05, 0) is 85.3 Å². The van der Waals surface area contributed by atoms with Gasteiger partial charge in [-0.1, -0.05) is 93.0 Å². The highest BCUT2D eigenvalue weighted by Crippen LogP contribution is 2.30. The Morgan fingerprint density at radius 3 is 2.27 bits per heavy atom. The Labute approximate surface area is 329 Å². The van der Waals surface area contributed by atoms with Crippen molar-refractivity contribution in [1.29, 1.82) is 0 Å². The predicted molar refractivity (Wildman–Crippen MR) is 216 cm³/mol. The average Bonchev–Trinajstić information content (AvgIpc) is 3.18. The number of rotatable bonds is 13. The number of fused-ring (bicyclic) bond motifs is 1. The molecule has 11 nitrogen and oxygen atoms in total. The summed E-state index contributed by atoms with van der Waals surface area (Å²) in [4.78, 5) is 71.5. The normalized spacial score (nSPS) is 16.9. The fourth-order valence-corrected chi connectivity index (χ4v) is 7.34. The molecule has 6 amide bonds. The molecule has 1 aliphatic heterocycles. The number of nitrogens with zero attached hydrogens (tertiary/aromatic N) is 2. The number of piperidine rings is 1. The monoisotopic (exact) mass is 770 g/mol. The minimum atomic E-state index is -1.25. The highest BCUT2D eigenvalue weighted by Gasteiger charge is 2.34. The molecule has 3 aromatic rings. The lowest BCUT2D eigenvalue weighted by molar-refractivity contribution is -0.132. The molecule has 4 N–H and O–H groups in total. The molecule has 1 fully saturated rings. The smallest absolute Gasteiger partial charge is 0.318 e. The van der Waals surface area contributed by atoms with Crippen LogP contribution >= 0.6 is 11.6 Å². The van der Waals surface area contributed by atoms with Crippen LogP contribution in [0.5, 0.6) is 0 Å². The van der Waals surface area contributed by atoms with Gasteiger partial charge < -0.3 is 31.1 Å². The van der Waals surface area contributed by atoms with Gasteiger partial charge in [0.2, 0.25) is 23.6 Å². The number of carbonyl (C=O) groups is 5. The van der Waals surface area contributed by atoms with Crippen LogP contribution in [0.3, 0.4) is 0 Å². The lowest BCUT2D eigenvalue weighted by atomic mass is 9.87. The van der Waals surface area contributed by atoms with Crippen LogP contribution in [0, 0.1) is 11.3 Å². The third-order valence-electron chi connectivity index (χ3n) is 10.4. The molecule has 0 bridgehead atoms. The minimum absolute atomic E-state index is 0.0633. The molecule has 0 saturated carbocycles. The number of hydrogen-bond donors (Lipinski definition) is 4. The van der Waals surface area contributed by atoms with Gasteiger partial charge in [-0.25, -0.2) is 4.79 Å². The van der Waals surface area contributed by atoms with Gasteiger partial charge >= 0.3 is 6.03 Å². The Morgan fingerprint density at radius 2 is 1.56 bits per heavy atom. The van der Waals surface area contributed by atoms with E-state index in [1.54, 1.807) is 35.0 Å². The van der Waals surface area contributed by atoms with Gasteiger partial charge in [0.15, 0.2) is 0 Å². The van der Waals surface area contributed by atoms with E-state index in [1.165, 1.54) is 5.56 Å². The van der Waals surface area contributed by atoms with Gasteiger partial charge in [-0.3, -0.25) is 19.2 Å². The standard InChI is InChI=1S/C43H55ClN6O5/c1-43(2,3)28-45-38(51)27-37(48-42(55)50-24-22-31(23-25-50)41(54)49(4)33-17-11-16-32(44)26-33)40(53)47-36(21-20-29-12-6-5-7-13-29)39(52)46-35-19-10-15-30-14-8-9-18-34(30)35/h5-9,11-14,16-18,26,31,35-37H,10,15,19-25,27-28H2,1-4H3,(H,45,51)(H,46,52)(H,47,53)(H,48,55)/t35-,36+,37+/m1/s1. The van der Waals surface area contributed by atoms with Crippen LogP contribution in [0.1, 0.15) is 82.0 Å². The van der Waals surface area contributed by atoms with Crippen molar-refractivity contribution >= 4 is 46.9 Å². The predicted octanol–water partition coefficient (Wildman–Crippen LogP) is 5.96. The molecule has 0 spiro atoms. The summed E-state index contributed by atoms with van der Waals surface area (Å²) in [5.41, 5.74) is 3.80. The van der Waals surface area contributed by atoms with E-state index in [0.29, 0.717) is 56.0 Å². The maximum atomic E-state index is 14.1. The van der Waals surface area contributed by atoms with Crippen molar-refractivity contribution in [2.75, 3.05) is 31.6 Å². The van der Waals surface area contributed by atoms with Gasteiger partial charge in [0.1, 0.15) is 12.1 Å². The molecule has 0 radical (unpaired) electrons. The quantitative estimate of drug-likeness (QED) is 0.170. The molecule has 1 heterocycles. The van der Waals surface area contributed by atoms with Crippen LogP contribution < -0.4 is 26.2 Å². The molecule has 0 aromatic heterocycles. The van der Waals surface area contributed by atoms with E-state index in [2.05, 4.69) is 27.3 Å². The summed E-state index contributed by atoms with van der Waals surface area (Å²) >= 11 is 6.14. The maximum absolute atomic E-state index is 14.1. The fraction of sp³-hybridized carbons (Fsp3) is 0.465. The Balaban J connectivity index is 1.28. The second-order valence-corrected chi connectivity index (χ2v) is 16.4. The first-order chi connectivity index (χ1) is 26.3. The number of benzene rings is 3. The lowest BCUT2D eigenvalue weighted by Gasteiger charge is -2.34. The fourth-order valence-electron chi connectivity index (χ4n) is 7.16. The van der Waals surface area contributed by atoms with E-state index in [4.69, 9.17) is 11.6 Å². The highest BCUT2D eigenvalue weighted by molar-refractivity contribution is 6.30. The summed E-state index contributed by atoms with van der Waals surface area (Å²) in [7, 11) is 1.71. The van der Waals surface area contributed by atoms with Crippen LogP contribution in [0.15, 0.2) is 78.9 Å². The minimum Gasteiger partial charge on any atom is -0.355 e. The number of halogens is 1. The summed E-state index contributed by atoms with van der Waals surface area (Å²) in [6.45, 7) is 6.93. The number of hydrogen-bond acceptors (Lipinski definition) is 5. The van der Waals surface area contributed by atoms with E-state index in [9.17, 15) is 24.0 Å². The zero-order chi connectivity index (χ0) is 39.5. The third-order valence-corrected chi connectivity index (χ3v) is 10.6. The molecule has 2 aliphatic rings. The number of amides is 6. The summed E-state index contributed by atoms with van der Waals surface area (Å²) in [5.74, 6) is -1.69. The Morgan fingerprint density at radius 1 is 0.855 bits per heavy atom. The van der Waals surface area contributed by atoms with E-state index >= 15 is 0 Å². The number of aryl methyl sites for hydroxylation is 2. The Hall–Kier alpha value is -4.90. The molecule has 5 rings (SSSR count). The zero-order valence-electron chi connectivity index (χ0n) is 32.4. The number of nitrogens with one attached hydrogen (secondary N) is 4. The van der Waals surface area contributed by atoms with Gasteiger partial charge in [0.05, 0.1) is 12.5 Å². The first kappa shape index (κ1) is 41.3. The van der Waals surface area contributed by atoms with Crippen molar-refractivity contribution in [1.82, 2.24) is 26.2 Å². The van der Waals surface area contributed by atoms with Crippen LogP contribution in [0.2, 0.25) is 5.02 Å². The number of anilines is 1. The molecule has 0 unspecified atom stereocenters. The molecule has 3 atom stereocenters. The molecule has 12 heteroatoms. The van der Waals surface area contributed by atoms with Crippen molar-refractivity contribution in [3.05, 3.63) is 101 Å². The molecule has 1 aliphatic carbocycles. The second kappa shape index (κ2) is 19.1. The van der Waals surface area contributed by atoms with Gasteiger partial charge in [-0.15, -0.1) is 0 Å². The molecule has 294 valence electrons. The molecule has 1 saturated heterocycles. The van der Waals surface area contributed by atoms with Crippen molar-refractivity contribution in [3.63, 3.8) is 0 Å². The molecule has 55 heavy (non-hydrogen) atoms. The van der Waals surface area contributed by atoms with E-state index < -0.39 is 29.9 Å². The zero-order valence-corrected chi connectivity index (χ0v) is 33.2. The van der Waals surface area contributed by atoms with Crippen LogP contribution in [-0.4, -0.2) is 73.3 Å². The van der Waals surface area contributed by atoms with Gasteiger partial charge in [0.25, 0.3) is 0 Å². The highest BCUT2D eigenvalue weighted by atomic mass is 35.5. The summed E-state index contributed by atoms with van der Waals surface area (Å²) in [6, 6.07) is 22.0. The number of likely N-dealkylation sites (tertiary alicyclic amines) is 1. The summed E-state index contributed by atoms with van der Waals surface area (Å²) in [6.07, 6.45) is 4.08. The molecule has 3 aromatic carbocycles. The molecular formula is C43H55ClN6O5. The van der Waals surface area contributed by atoms with Crippen LogP contribution in [0.4, 0.5) is 10.5 Å². The van der Waals surface area contributed by atoms with Crippen molar-refractivity contribution in [2.24, 2.45) is 11.3 Å². The summed E-state index contributed by atoms with van der Waals surface area (Å²) in [5, 5.41) is 12.3. The van der Waals surface area contributed by atoms with E-state index in [1.807, 2.05) is 75.4 Å². The second-order valence-electron chi connectivity index (χ2n) is 15.9. The van der Waals surface area contributed by atoms with Crippen LogP contribution in [0.25, 0.3) is 0 Å². The molecular weight excluding hydrogens is 716 g/mol. The Bertz CT molecular complexity index is 1810. The van der Waals surface area contributed by atoms with Crippen LogP contribution in [-0.2, 0) is 32.0 Å². The first-order valence-electron chi connectivity index (χ1n) is 19.3. The Kier molecular flexibility index (Phi) is 14.3. The van der Waals surface area contributed by atoms with Crippen molar-refractivity contribution < 1.29 is 24.0 Å². The SMILES string of the molecule is CN(C(=O)C1CCN(C(=O)N[C@@H](CC(=O)NCC(C)(C)C)C(=O)N[C@@H](CCc2ccccc2)C(=O)N[C@@H]2CCCc3ccccc32)CC1)c1cccc(Cl)c1. The first-order valence-corrected chi connectivity index (χ1v) is 19.7. The largest absolute Gasteiger partial charge is 0.355 e. The van der Waals surface area contributed by atoms with E-state index in [-0.39, 0.29) is 35.6 Å². The van der Waals surface area contributed by atoms with Gasteiger partial charge in [0, 0.05) is 43.3 Å². The number of carbonyl (C=O) groups excluding carboxylic acids is 5. The van der Waals surface area contributed by atoms with E-state index in [0.717, 1.165) is 30.4 Å². The average molecular weight is 771 g/mol. The van der Waals surface area contributed by atoms with Crippen molar-refractivity contribution in [3.8, 4) is 0 Å². The van der Waals surface area contributed by atoms with Crippen molar-refractivity contribution in [2.45, 2.75) is 90.3 Å². The number of urea groups is 1. The topological polar surface area (TPSA) is 140 Å².